The summed E-state index contributed by atoms with van der Waals surface area (Å²) in [5.41, 5.74) is 1.85. The first kappa shape index (κ1) is 12.0. The van der Waals surface area contributed by atoms with Gasteiger partial charge < -0.3 is 5.32 Å². The van der Waals surface area contributed by atoms with Crippen LogP contribution in [0.3, 0.4) is 0 Å². The molecule has 0 fully saturated rings. The monoisotopic (exact) mass is 248 g/mol. The molecule has 1 aromatic heterocycles. The number of carbonyl (C=O) groups is 1. The Labute approximate surface area is 105 Å². The van der Waals surface area contributed by atoms with E-state index in [0.717, 1.165) is 27.3 Å². The molecule has 17 heavy (non-hydrogen) atoms. The number of fused-ring (bicyclic) bond motifs is 1. The predicted octanol–water partition coefficient (Wildman–Crippen LogP) is 3.59. The molecule has 2 rings (SSSR count). The van der Waals surface area contributed by atoms with Crippen LogP contribution >= 0.6 is 11.3 Å². The van der Waals surface area contributed by atoms with Gasteiger partial charge in [0.25, 0.3) is 0 Å². The van der Waals surface area contributed by atoms with Crippen molar-refractivity contribution in [1.82, 2.24) is 4.98 Å². The van der Waals surface area contributed by atoms with E-state index in [0.29, 0.717) is 0 Å². The van der Waals surface area contributed by atoms with Crippen molar-refractivity contribution < 1.29 is 4.79 Å². The highest BCUT2D eigenvalue weighted by Crippen LogP contribution is 2.25. The maximum Gasteiger partial charge on any atom is 0.227 e. The summed E-state index contributed by atoms with van der Waals surface area (Å²) in [6.45, 7) is 5.94. The lowest BCUT2D eigenvalue weighted by atomic mass is 10.1. The third-order valence-corrected chi connectivity index (χ3v) is 3.76. The van der Waals surface area contributed by atoms with Crippen molar-refractivity contribution in [2.24, 2.45) is 5.92 Å². The summed E-state index contributed by atoms with van der Waals surface area (Å²) in [4.78, 5) is 16.2. The summed E-state index contributed by atoms with van der Waals surface area (Å²) in [5, 5.41) is 3.98. The van der Waals surface area contributed by atoms with E-state index in [2.05, 4.69) is 10.3 Å². The first-order chi connectivity index (χ1) is 8.10. The number of amides is 1. The Hall–Kier alpha value is -1.42. The molecular formula is C13H16N2OS. The number of hydrogen-bond acceptors (Lipinski definition) is 3. The number of nitrogens with one attached hydrogen (secondary N) is 1. The summed E-state index contributed by atoms with van der Waals surface area (Å²) in [6.07, 6.45) is 0.855. The zero-order chi connectivity index (χ0) is 12.4. The summed E-state index contributed by atoms with van der Waals surface area (Å²) >= 11 is 1.65. The molecule has 0 saturated carbocycles. The number of nitrogens with zero attached hydrogens (tertiary/aromatic N) is 1. The van der Waals surface area contributed by atoms with Gasteiger partial charge in [-0.2, -0.15) is 0 Å². The first-order valence-corrected chi connectivity index (χ1v) is 6.60. The fraction of sp³-hybridized carbons (Fsp3) is 0.385. The zero-order valence-electron chi connectivity index (χ0n) is 10.3. The maximum atomic E-state index is 11.8. The van der Waals surface area contributed by atoms with Gasteiger partial charge in [0.15, 0.2) is 0 Å². The van der Waals surface area contributed by atoms with E-state index in [1.807, 2.05) is 39.0 Å². The van der Waals surface area contributed by atoms with Crippen LogP contribution in [0, 0.1) is 12.8 Å². The average Bonchev–Trinajstić information content (AvgIpc) is 2.67. The highest BCUT2D eigenvalue weighted by molar-refractivity contribution is 7.18. The maximum absolute atomic E-state index is 11.8. The minimum atomic E-state index is 0.0499. The number of aryl methyl sites for hydroxylation is 1. The minimum absolute atomic E-state index is 0.0499. The molecular weight excluding hydrogens is 232 g/mol. The minimum Gasteiger partial charge on any atom is -0.326 e. The van der Waals surface area contributed by atoms with E-state index in [9.17, 15) is 4.79 Å². The van der Waals surface area contributed by atoms with E-state index >= 15 is 0 Å². The lowest BCUT2D eigenvalue weighted by molar-refractivity contribution is -0.119. The van der Waals surface area contributed by atoms with Gasteiger partial charge in [-0.1, -0.05) is 13.8 Å². The topological polar surface area (TPSA) is 42.0 Å². The van der Waals surface area contributed by atoms with Crippen molar-refractivity contribution >= 4 is 33.1 Å². The Balaban J connectivity index is 2.22. The van der Waals surface area contributed by atoms with Crippen molar-refractivity contribution in [3.8, 4) is 0 Å². The third kappa shape index (κ3) is 2.64. The van der Waals surface area contributed by atoms with Crippen LogP contribution < -0.4 is 5.32 Å². The van der Waals surface area contributed by atoms with Gasteiger partial charge in [-0.25, -0.2) is 4.98 Å². The average molecular weight is 248 g/mol. The highest BCUT2D eigenvalue weighted by Gasteiger charge is 2.11. The summed E-state index contributed by atoms with van der Waals surface area (Å²) in [6, 6.07) is 5.84. The number of hydrogen-bond donors (Lipinski definition) is 1. The van der Waals surface area contributed by atoms with Crippen LogP contribution in [0.4, 0.5) is 5.69 Å². The number of benzene rings is 1. The molecule has 4 heteroatoms. The largest absolute Gasteiger partial charge is 0.326 e. The molecule has 1 amide bonds. The Kier molecular flexibility index (Phi) is 3.43. The molecule has 0 radical (unpaired) electrons. The molecule has 0 spiro atoms. The second kappa shape index (κ2) is 4.84. The second-order valence-corrected chi connectivity index (χ2v) is 5.45. The van der Waals surface area contributed by atoms with Crippen molar-refractivity contribution in [1.29, 1.82) is 0 Å². The highest BCUT2D eigenvalue weighted by atomic mass is 32.1. The van der Waals surface area contributed by atoms with Crippen molar-refractivity contribution in [2.75, 3.05) is 5.32 Å². The van der Waals surface area contributed by atoms with Crippen LogP contribution in [-0.2, 0) is 4.79 Å². The molecule has 0 bridgehead atoms. The van der Waals surface area contributed by atoms with Gasteiger partial charge in [0, 0.05) is 11.6 Å². The van der Waals surface area contributed by atoms with E-state index in [1.54, 1.807) is 11.3 Å². The molecule has 1 N–H and O–H groups in total. The summed E-state index contributed by atoms with van der Waals surface area (Å²) in [5.74, 6) is 0.127. The van der Waals surface area contributed by atoms with Crippen LogP contribution in [0.25, 0.3) is 10.2 Å². The third-order valence-electron chi connectivity index (χ3n) is 2.82. The van der Waals surface area contributed by atoms with E-state index < -0.39 is 0 Å². The number of thiazole rings is 1. The smallest absolute Gasteiger partial charge is 0.227 e. The normalized spacial score (nSPS) is 12.6. The number of rotatable bonds is 3. The van der Waals surface area contributed by atoms with E-state index in [-0.39, 0.29) is 11.8 Å². The number of anilines is 1. The summed E-state index contributed by atoms with van der Waals surface area (Å²) < 4.78 is 1.12. The molecule has 1 aromatic carbocycles. The van der Waals surface area contributed by atoms with Crippen LogP contribution in [-0.4, -0.2) is 10.9 Å². The van der Waals surface area contributed by atoms with Gasteiger partial charge in [-0.15, -0.1) is 11.3 Å². The molecule has 0 aliphatic carbocycles. The van der Waals surface area contributed by atoms with Crippen molar-refractivity contribution in [2.45, 2.75) is 27.2 Å². The fourth-order valence-electron chi connectivity index (χ4n) is 1.57. The molecule has 0 aliphatic heterocycles. The molecule has 0 aliphatic rings. The number of carbonyl (C=O) groups excluding carboxylic acids is 1. The molecule has 3 nitrogen and oxygen atoms in total. The van der Waals surface area contributed by atoms with Crippen LogP contribution in [0.15, 0.2) is 18.2 Å². The quantitative estimate of drug-likeness (QED) is 0.902. The molecule has 1 heterocycles. The Morgan fingerprint density at radius 3 is 3.00 bits per heavy atom. The second-order valence-electron chi connectivity index (χ2n) is 4.21. The summed E-state index contributed by atoms with van der Waals surface area (Å²) in [7, 11) is 0. The van der Waals surface area contributed by atoms with Crippen LogP contribution in [0.1, 0.15) is 25.3 Å². The Morgan fingerprint density at radius 2 is 2.29 bits per heavy atom. The lowest BCUT2D eigenvalue weighted by Crippen LogP contribution is -2.19. The van der Waals surface area contributed by atoms with Gasteiger partial charge in [-0.05, 0) is 31.5 Å². The number of aromatic nitrogens is 1. The van der Waals surface area contributed by atoms with E-state index in [1.165, 1.54) is 0 Å². The standard InChI is InChI=1S/C13H16N2OS/c1-4-8(2)13(16)15-10-5-6-11-12(7-10)17-9(3)14-11/h5-8H,4H2,1-3H3,(H,15,16). The molecule has 1 unspecified atom stereocenters. The molecule has 0 saturated heterocycles. The molecule has 90 valence electrons. The Morgan fingerprint density at radius 1 is 1.53 bits per heavy atom. The van der Waals surface area contributed by atoms with Crippen LogP contribution in [0.2, 0.25) is 0 Å². The molecule has 2 aromatic rings. The van der Waals surface area contributed by atoms with Gasteiger partial charge in [0.05, 0.1) is 15.2 Å². The zero-order valence-corrected chi connectivity index (χ0v) is 11.1. The first-order valence-electron chi connectivity index (χ1n) is 5.78. The van der Waals surface area contributed by atoms with Gasteiger partial charge in [0.1, 0.15) is 0 Å². The fourth-order valence-corrected chi connectivity index (χ4v) is 2.43. The van der Waals surface area contributed by atoms with E-state index in [4.69, 9.17) is 0 Å². The SMILES string of the molecule is CCC(C)C(=O)Nc1ccc2nc(C)sc2c1. The predicted molar refractivity (Wildman–Crippen MR) is 72.4 cm³/mol. The van der Waals surface area contributed by atoms with Crippen molar-refractivity contribution in [3.05, 3.63) is 23.2 Å². The molecule has 1 atom stereocenters. The van der Waals surface area contributed by atoms with Gasteiger partial charge >= 0.3 is 0 Å². The Bertz CT molecular complexity index is 547. The van der Waals surface area contributed by atoms with Crippen molar-refractivity contribution in [3.63, 3.8) is 0 Å². The lowest BCUT2D eigenvalue weighted by Gasteiger charge is -2.09. The van der Waals surface area contributed by atoms with Gasteiger partial charge in [0.2, 0.25) is 5.91 Å². The van der Waals surface area contributed by atoms with Crippen LogP contribution in [0.5, 0.6) is 0 Å². The van der Waals surface area contributed by atoms with Gasteiger partial charge in [-0.3, -0.25) is 4.79 Å².